The highest BCUT2D eigenvalue weighted by Gasteiger charge is 2.39. The predicted octanol–water partition coefficient (Wildman–Crippen LogP) is 0.819. The Balaban J connectivity index is 1.67. The van der Waals surface area contributed by atoms with Gasteiger partial charge in [0.2, 0.25) is 0 Å². The van der Waals surface area contributed by atoms with E-state index in [2.05, 4.69) is 11.9 Å². The van der Waals surface area contributed by atoms with Crippen molar-refractivity contribution in [2.45, 2.75) is 31.2 Å². The summed E-state index contributed by atoms with van der Waals surface area (Å²) in [6.07, 6.45) is 5.37. The Labute approximate surface area is 68.7 Å². The van der Waals surface area contributed by atoms with Crippen LogP contribution in [0.4, 0.5) is 0 Å². The van der Waals surface area contributed by atoms with E-state index >= 15 is 0 Å². The monoisotopic (exact) mass is 154 g/mol. The van der Waals surface area contributed by atoms with Gasteiger partial charge < -0.3 is 10.6 Å². The highest BCUT2D eigenvalue weighted by Crippen LogP contribution is 2.34. The van der Waals surface area contributed by atoms with E-state index in [9.17, 15) is 0 Å². The Bertz CT molecular complexity index is 148. The Hall–Kier alpha value is -0.0800. The van der Waals surface area contributed by atoms with Gasteiger partial charge in [-0.15, -0.1) is 0 Å². The second kappa shape index (κ2) is 2.46. The molecule has 0 aliphatic heterocycles. The summed E-state index contributed by atoms with van der Waals surface area (Å²) in [6, 6.07) is 0. The zero-order chi connectivity index (χ0) is 7.90. The molecule has 0 bridgehead atoms. The fourth-order valence-electron chi connectivity index (χ4n) is 1.66. The lowest BCUT2D eigenvalue weighted by Crippen LogP contribution is -2.38. The molecule has 2 N–H and O–H groups in total. The van der Waals surface area contributed by atoms with Crippen molar-refractivity contribution in [1.29, 1.82) is 0 Å². The van der Waals surface area contributed by atoms with E-state index in [1.807, 2.05) is 0 Å². The van der Waals surface area contributed by atoms with Gasteiger partial charge in [0.15, 0.2) is 0 Å². The van der Waals surface area contributed by atoms with Crippen molar-refractivity contribution >= 4 is 0 Å². The number of rotatable bonds is 4. The second-order valence-corrected chi connectivity index (χ2v) is 4.50. The van der Waals surface area contributed by atoms with E-state index in [4.69, 9.17) is 5.73 Å². The molecule has 0 amide bonds. The fraction of sp³-hybridized carbons (Fsp3) is 1.00. The van der Waals surface area contributed by atoms with Crippen LogP contribution in [0.5, 0.6) is 0 Å². The number of nitrogens with two attached hydrogens (primary N) is 1. The maximum absolute atomic E-state index is 6.00. The first-order valence-corrected chi connectivity index (χ1v) is 4.65. The number of nitrogens with zero attached hydrogens (tertiary/aromatic N) is 1. The van der Waals surface area contributed by atoms with Crippen molar-refractivity contribution in [3.05, 3.63) is 0 Å². The standard InChI is InChI=1S/C9H18N2/c1-11(6-8-2-3-8)7-9(10)4-5-9/h8H,2-7,10H2,1H3. The molecule has 0 aromatic heterocycles. The average Bonchev–Trinajstić information content (AvgIpc) is 2.72. The van der Waals surface area contributed by atoms with Gasteiger partial charge in [-0.1, -0.05) is 0 Å². The third kappa shape index (κ3) is 2.17. The van der Waals surface area contributed by atoms with Gasteiger partial charge in [-0.2, -0.15) is 0 Å². The molecule has 2 aliphatic carbocycles. The van der Waals surface area contributed by atoms with Crippen molar-refractivity contribution in [3.63, 3.8) is 0 Å². The minimum absolute atomic E-state index is 0.212. The highest BCUT2D eigenvalue weighted by molar-refractivity contribution is 5.01. The zero-order valence-electron chi connectivity index (χ0n) is 7.34. The summed E-state index contributed by atoms with van der Waals surface area (Å²) in [5, 5.41) is 0. The maximum atomic E-state index is 6.00. The van der Waals surface area contributed by atoms with Crippen LogP contribution in [0.3, 0.4) is 0 Å². The molecule has 2 heteroatoms. The summed E-state index contributed by atoms with van der Waals surface area (Å²) in [5.74, 6) is 1.00. The van der Waals surface area contributed by atoms with E-state index in [-0.39, 0.29) is 5.54 Å². The van der Waals surface area contributed by atoms with Crippen molar-refractivity contribution in [1.82, 2.24) is 4.90 Å². The molecule has 0 atom stereocenters. The van der Waals surface area contributed by atoms with Crippen LogP contribution < -0.4 is 5.73 Å². The lowest BCUT2D eigenvalue weighted by molar-refractivity contribution is 0.292. The molecule has 2 saturated carbocycles. The molecule has 0 radical (unpaired) electrons. The molecule has 2 rings (SSSR count). The van der Waals surface area contributed by atoms with E-state index in [1.165, 1.54) is 32.2 Å². The molecule has 2 nitrogen and oxygen atoms in total. The minimum Gasteiger partial charge on any atom is -0.324 e. The molecule has 64 valence electrons. The van der Waals surface area contributed by atoms with Gasteiger partial charge in [0.25, 0.3) is 0 Å². The SMILES string of the molecule is CN(CC1CC1)CC1(N)CC1. The topological polar surface area (TPSA) is 29.3 Å². The highest BCUT2D eigenvalue weighted by atomic mass is 15.1. The summed E-state index contributed by atoms with van der Waals surface area (Å²) in [5.41, 5.74) is 6.21. The van der Waals surface area contributed by atoms with Gasteiger partial charge in [0.05, 0.1) is 0 Å². The van der Waals surface area contributed by atoms with Crippen LogP contribution in [0.25, 0.3) is 0 Å². The van der Waals surface area contributed by atoms with Crippen LogP contribution in [-0.4, -0.2) is 30.6 Å². The third-order valence-electron chi connectivity index (χ3n) is 2.74. The molecule has 0 heterocycles. The van der Waals surface area contributed by atoms with Crippen LogP contribution in [0, 0.1) is 5.92 Å². The van der Waals surface area contributed by atoms with E-state index in [0.29, 0.717) is 0 Å². The van der Waals surface area contributed by atoms with Gasteiger partial charge in [-0.25, -0.2) is 0 Å². The molecule has 11 heavy (non-hydrogen) atoms. The van der Waals surface area contributed by atoms with Gasteiger partial charge in [0, 0.05) is 18.6 Å². The fourth-order valence-corrected chi connectivity index (χ4v) is 1.66. The Morgan fingerprint density at radius 2 is 2.09 bits per heavy atom. The summed E-state index contributed by atoms with van der Waals surface area (Å²) < 4.78 is 0. The largest absolute Gasteiger partial charge is 0.324 e. The van der Waals surface area contributed by atoms with Crippen LogP contribution in [0.15, 0.2) is 0 Å². The normalized spacial score (nSPS) is 27.5. The minimum atomic E-state index is 0.212. The molecule has 0 aromatic rings. The Morgan fingerprint density at radius 1 is 1.45 bits per heavy atom. The number of hydrogen-bond donors (Lipinski definition) is 1. The van der Waals surface area contributed by atoms with Gasteiger partial charge >= 0.3 is 0 Å². The molecule has 0 saturated heterocycles. The van der Waals surface area contributed by atoms with Crippen LogP contribution in [0.2, 0.25) is 0 Å². The first-order valence-electron chi connectivity index (χ1n) is 4.65. The number of hydrogen-bond acceptors (Lipinski definition) is 2. The molecule has 2 aliphatic rings. The molecule has 0 spiro atoms. The summed E-state index contributed by atoms with van der Waals surface area (Å²) >= 11 is 0. The van der Waals surface area contributed by atoms with E-state index in [1.54, 1.807) is 0 Å². The molecular formula is C9H18N2. The van der Waals surface area contributed by atoms with Gasteiger partial charge in [-0.3, -0.25) is 0 Å². The molecule has 2 fully saturated rings. The number of likely N-dealkylation sites (N-methyl/N-ethyl adjacent to an activating group) is 1. The summed E-state index contributed by atoms with van der Waals surface area (Å²) in [4.78, 5) is 2.41. The smallest absolute Gasteiger partial charge is 0.0284 e. The van der Waals surface area contributed by atoms with Crippen LogP contribution in [-0.2, 0) is 0 Å². The van der Waals surface area contributed by atoms with Crippen molar-refractivity contribution in [3.8, 4) is 0 Å². The molecule has 0 unspecified atom stereocenters. The predicted molar refractivity (Wildman–Crippen MR) is 46.4 cm³/mol. The quantitative estimate of drug-likeness (QED) is 0.649. The van der Waals surface area contributed by atoms with Crippen molar-refractivity contribution in [2.24, 2.45) is 11.7 Å². The molecular weight excluding hydrogens is 136 g/mol. The van der Waals surface area contributed by atoms with E-state index < -0.39 is 0 Å². The zero-order valence-corrected chi connectivity index (χ0v) is 7.34. The summed E-state index contributed by atoms with van der Waals surface area (Å²) in [6.45, 7) is 2.39. The van der Waals surface area contributed by atoms with Gasteiger partial charge in [0.1, 0.15) is 0 Å². The van der Waals surface area contributed by atoms with Crippen molar-refractivity contribution in [2.75, 3.05) is 20.1 Å². The van der Waals surface area contributed by atoms with Crippen LogP contribution >= 0.6 is 0 Å². The third-order valence-corrected chi connectivity index (χ3v) is 2.74. The Kier molecular flexibility index (Phi) is 1.69. The van der Waals surface area contributed by atoms with Crippen molar-refractivity contribution < 1.29 is 0 Å². The van der Waals surface area contributed by atoms with E-state index in [0.717, 1.165) is 12.5 Å². The Morgan fingerprint density at radius 3 is 2.55 bits per heavy atom. The lowest BCUT2D eigenvalue weighted by Gasteiger charge is -2.20. The summed E-state index contributed by atoms with van der Waals surface area (Å²) in [7, 11) is 2.20. The lowest BCUT2D eigenvalue weighted by atomic mass is 10.2. The maximum Gasteiger partial charge on any atom is 0.0284 e. The average molecular weight is 154 g/mol. The first kappa shape index (κ1) is 7.56. The first-order chi connectivity index (χ1) is 5.18. The van der Waals surface area contributed by atoms with Crippen LogP contribution in [0.1, 0.15) is 25.7 Å². The van der Waals surface area contributed by atoms with Gasteiger partial charge in [-0.05, 0) is 38.6 Å². The molecule has 0 aromatic carbocycles. The second-order valence-electron chi connectivity index (χ2n) is 4.50.